The Kier molecular flexibility index (Phi) is 13.1. The number of sulfonamides is 1. The quantitative estimate of drug-likeness (QED) is 0.147. The second-order valence-corrected chi connectivity index (χ2v) is 14.2. The van der Waals surface area contributed by atoms with Gasteiger partial charge in [0.1, 0.15) is 5.76 Å². The van der Waals surface area contributed by atoms with Crippen LogP contribution >= 0.6 is 0 Å². The molecule has 0 fully saturated rings. The van der Waals surface area contributed by atoms with Crippen molar-refractivity contribution in [1.82, 2.24) is 4.31 Å². The van der Waals surface area contributed by atoms with Crippen LogP contribution in [-0.4, -0.2) is 40.0 Å². The lowest BCUT2D eigenvalue weighted by Crippen LogP contribution is -2.32. The zero-order chi connectivity index (χ0) is 33.2. The van der Waals surface area contributed by atoms with Crippen LogP contribution in [0.1, 0.15) is 70.3 Å². The van der Waals surface area contributed by atoms with E-state index in [0.29, 0.717) is 16.7 Å². The molecule has 0 aliphatic carbocycles. The monoisotopic (exact) mass is 641 g/mol. The maximum atomic E-state index is 14.2. The van der Waals surface area contributed by atoms with E-state index < -0.39 is 25.8 Å². The SMILES string of the molecule is C=C(C)/C(=C(/C)C=C(C)C)S(=O)(=O)N(Cc1ccc(-c2cccc(S(C)(=O)=O)c2)cc1)Cc1ccc(C(=O)OCC)o1.CC. The van der Waals surface area contributed by atoms with Gasteiger partial charge in [-0.15, -0.1) is 0 Å². The Morgan fingerprint density at radius 3 is 2.09 bits per heavy atom. The molecule has 2 aromatic carbocycles. The van der Waals surface area contributed by atoms with Crippen molar-refractivity contribution in [2.24, 2.45) is 0 Å². The van der Waals surface area contributed by atoms with Gasteiger partial charge in [0.15, 0.2) is 9.84 Å². The third kappa shape index (κ3) is 9.64. The molecule has 238 valence electrons. The highest BCUT2D eigenvalue weighted by Crippen LogP contribution is 2.29. The molecule has 1 heterocycles. The lowest BCUT2D eigenvalue weighted by molar-refractivity contribution is 0.0487. The molecule has 0 unspecified atom stereocenters. The zero-order valence-electron chi connectivity index (χ0n) is 26.8. The van der Waals surface area contributed by atoms with Gasteiger partial charge in [-0.25, -0.2) is 21.6 Å². The number of esters is 1. The fraction of sp³-hybridized carbons (Fsp3) is 0.324. The van der Waals surface area contributed by atoms with E-state index in [4.69, 9.17) is 9.15 Å². The maximum Gasteiger partial charge on any atom is 0.374 e. The normalized spacial score (nSPS) is 12.1. The highest BCUT2D eigenvalue weighted by Gasteiger charge is 2.30. The second kappa shape index (κ2) is 15.8. The summed E-state index contributed by atoms with van der Waals surface area (Å²) < 4.78 is 64.3. The summed E-state index contributed by atoms with van der Waals surface area (Å²) in [5.74, 6) is -0.367. The number of hydrogen-bond donors (Lipinski definition) is 0. The Morgan fingerprint density at radius 2 is 1.55 bits per heavy atom. The number of furan rings is 1. The predicted molar refractivity (Wildman–Crippen MR) is 176 cm³/mol. The maximum absolute atomic E-state index is 14.2. The fourth-order valence-corrected chi connectivity index (χ4v) is 6.92. The van der Waals surface area contributed by atoms with Crippen molar-refractivity contribution in [1.29, 1.82) is 0 Å². The molecule has 0 N–H and O–H groups in total. The van der Waals surface area contributed by atoms with Crippen LogP contribution in [0.3, 0.4) is 0 Å². The lowest BCUT2D eigenvalue weighted by Gasteiger charge is -2.24. The Hall–Kier alpha value is -3.73. The molecule has 8 nitrogen and oxygen atoms in total. The smallest absolute Gasteiger partial charge is 0.374 e. The molecule has 0 amide bonds. The van der Waals surface area contributed by atoms with E-state index in [9.17, 15) is 21.6 Å². The highest BCUT2D eigenvalue weighted by molar-refractivity contribution is 7.93. The summed E-state index contributed by atoms with van der Waals surface area (Å²) in [6.07, 6.45) is 2.96. The number of sulfone groups is 1. The van der Waals surface area contributed by atoms with Crippen LogP contribution in [0.4, 0.5) is 0 Å². The molecular formula is C34H43NO7S2. The Bertz CT molecular complexity index is 1740. The first kappa shape index (κ1) is 36.5. The van der Waals surface area contributed by atoms with Gasteiger partial charge in [-0.1, -0.05) is 68.5 Å². The Labute approximate surface area is 262 Å². The van der Waals surface area contributed by atoms with Crippen molar-refractivity contribution in [3.05, 3.63) is 112 Å². The molecule has 0 aliphatic heterocycles. The van der Waals surface area contributed by atoms with E-state index in [2.05, 4.69) is 6.58 Å². The van der Waals surface area contributed by atoms with Crippen LogP contribution < -0.4 is 0 Å². The molecule has 44 heavy (non-hydrogen) atoms. The first-order chi connectivity index (χ1) is 20.6. The van der Waals surface area contributed by atoms with Gasteiger partial charge in [-0.2, -0.15) is 4.31 Å². The molecule has 10 heteroatoms. The summed E-state index contributed by atoms with van der Waals surface area (Å²) >= 11 is 0. The minimum atomic E-state index is -4.08. The third-order valence-electron chi connectivity index (χ3n) is 6.23. The summed E-state index contributed by atoms with van der Waals surface area (Å²) in [5.41, 5.74) is 4.09. The van der Waals surface area contributed by atoms with Crippen LogP contribution in [0.2, 0.25) is 0 Å². The van der Waals surface area contributed by atoms with Crippen LogP contribution in [0.5, 0.6) is 0 Å². The topological polar surface area (TPSA) is 111 Å². The molecule has 1 aromatic heterocycles. The summed E-state index contributed by atoms with van der Waals surface area (Å²) in [4.78, 5) is 12.5. The van der Waals surface area contributed by atoms with Gasteiger partial charge in [0.2, 0.25) is 15.8 Å². The first-order valence-electron chi connectivity index (χ1n) is 14.3. The number of allylic oxidation sites excluding steroid dienone is 4. The molecule has 0 atom stereocenters. The minimum Gasteiger partial charge on any atom is -0.460 e. The van der Waals surface area contributed by atoms with Gasteiger partial charge in [0, 0.05) is 12.8 Å². The van der Waals surface area contributed by atoms with E-state index in [-0.39, 0.29) is 41.0 Å². The molecule has 3 rings (SSSR count). The zero-order valence-corrected chi connectivity index (χ0v) is 28.4. The fourth-order valence-electron chi connectivity index (χ4n) is 4.47. The van der Waals surface area contributed by atoms with Crippen molar-refractivity contribution >= 4 is 25.8 Å². The van der Waals surface area contributed by atoms with Gasteiger partial charge in [0.05, 0.1) is 23.0 Å². The number of carbonyl (C=O) groups excluding carboxylic acids is 1. The highest BCUT2D eigenvalue weighted by atomic mass is 32.2. The van der Waals surface area contributed by atoms with Crippen LogP contribution in [0.25, 0.3) is 11.1 Å². The van der Waals surface area contributed by atoms with E-state index in [1.807, 2.05) is 45.9 Å². The lowest BCUT2D eigenvalue weighted by atomic mass is 10.0. The number of rotatable bonds is 12. The van der Waals surface area contributed by atoms with Gasteiger partial charge in [-0.3, -0.25) is 0 Å². The second-order valence-electron chi connectivity index (χ2n) is 10.3. The average Bonchev–Trinajstić information content (AvgIpc) is 3.42. The van der Waals surface area contributed by atoms with Crippen LogP contribution in [0, 0.1) is 0 Å². The molecule has 0 bridgehead atoms. The van der Waals surface area contributed by atoms with E-state index in [1.54, 1.807) is 63.2 Å². The Morgan fingerprint density at radius 1 is 0.909 bits per heavy atom. The molecule has 0 saturated heterocycles. The van der Waals surface area contributed by atoms with E-state index >= 15 is 0 Å². The van der Waals surface area contributed by atoms with Gasteiger partial charge < -0.3 is 9.15 Å². The van der Waals surface area contributed by atoms with Crippen LogP contribution in [-0.2, 0) is 37.7 Å². The third-order valence-corrected chi connectivity index (χ3v) is 9.46. The molecule has 0 spiro atoms. The minimum absolute atomic E-state index is 0.000311. The number of nitrogens with zero attached hydrogens (tertiary/aromatic N) is 1. The largest absolute Gasteiger partial charge is 0.460 e. The summed E-state index contributed by atoms with van der Waals surface area (Å²) in [5, 5.41) is 0. The Balaban J connectivity index is 0.00000330. The molecule has 0 radical (unpaired) electrons. The van der Waals surface area contributed by atoms with Crippen molar-refractivity contribution in [2.45, 2.75) is 66.5 Å². The molecule has 0 saturated carbocycles. The van der Waals surface area contributed by atoms with Gasteiger partial charge >= 0.3 is 5.97 Å². The standard InChI is InChI=1S/C32H37NO7S2.C2H6/c1-8-39-32(34)30-17-16-28(40-30)21-33(42(37,38)31(23(4)5)24(6)18-22(2)3)20-25-12-14-26(15-13-25)27-10-9-11-29(19-27)41(7,35)36;1-2/h9-19H,4,8,20-21H2,1-3,5-7H3;1-2H3/b31-24+;. The van der Waals surface area contributed by atoms with Crippen LogP contribution in [0.15, 0.2) is 104 Å². The molecular weight excluding hydrogens is 599 g/mol. The first-order valence-corrected chi connectivity index (χ1v) is 17.6. The average molecular weight is 642 g/mol. The van der Waals surface area contributed by atoms with E-state index in [1.165, 1.54) is 10.4 Å². The van der Waals surface area contributed by atoms with Crippen molar-refractivity contribution in [2.75, 3.05) is 12.9 Å². The molecule has 3 aromatic rings. The summed E-state index contributed by atoms with van der Waals surface area (Å²) in [6.45, 7) is 16.8. The van der Waals surface area contributed by atoms with E-state index in [0.717, 1.165) is 23.0 Å². The van der Waals surface area contributed by atoms with Gasteiger partial charge in [-0.05, 0) is 86.7 Å². The summed E-state index contributed by atoms with van der Waals surface area (Å²) in [7, 11) is -7.45. The molecule has 0 aliphatic rings. The number of hydrogen-bond acceptors (Lipinski definition) is 7. The number of benzene rings is 2. The van der Waals surface area contributed by atoms with Crippen molar-refractivity contribution in [3.63, 3.8) is 0 Å². The predicted octanol–water partition coefficient (Wildman–Crippen LogP) is 7.70. The summed E-state index contributed by atoms with van der Waals surface area (Å²) in [6, 6.07) is 16.9. The van der Waals surface area contributed by atoms with Crippen molar-refractivity contribution in [3.8, 4) is 11.1 Å². The van der Waals surface area contributed by atoms with Crippen molar-refractivity contribution < 1.29 is 30.8 Å². The number of carbonyl (C=O) groups is 1. The number of ether oxygens (including phenoxy) is 1. The van der Waals surface area contributed by atoms with Gasteiger partial charge in [0.25, 0.3) is 0 Å².